The third kappa shape index (κ3) is 6.90. The Bertz CT molecular complexity index is 728. The zero-order valence-electron chi connectivity index (χ0n) is 18.9. The highest BCUT2D eigenvalue weighted by Crippen LogP contribution is 2.27. The molecule has 2 saturated heterocycles. The SMILES string of the molecule is CC1CC2C(=O)OCOC(=O)C(CC(C)C(=O)OCOC1=O)C(C)C(=O)OCOC(=O)C2C. The van der Waals surface area contributed by atoms with Crippen molar-refractivity contribution in [3.8, 4) is 0 Å². The minimum atomic E-state index is -1.16. The van der Waals surface area contributed by atoms with E-state index in [1.807, 2.05) is 0 Å². The van der Waals surface area contributed by atoms with Crippen molar-refractivity contribution in [1.29, 1.82) is 0 Å². The topological polar surface area (TPSA) is 158 Å². The molecule has 2 fully saturated rings. The summed E-state index contributed by atoms with van der Waals surface area (Å²) in [6.45, 7) is 3.47. The Morgan fingerprint density at radius 2 is 0.727 bits per heavy atom. The number of hydrogen-bond donors (Lipinski definition) is 0. The van der Waals surface area contributed by atoms with Crippen LogP contribution in [-0.2, 0) is 57.2 Å². The summed E-state index contributed by atoms with van der Waals surface area (Å²) < 4.78 is 29.9. The molecule has 33 heavy (non-hydrogen) atoms. The molecule has 0 aromatic rings. The van der Waals surface area contributed by atoms with Crippen LogP contribution in [0.3, 0.4) is 0 Å². The Balaban J connectivity index is 2.43. The maximum Gasteiger partial charge on any atom is 0.312 e. The predicted molar refractivity (Wildman–Crippen MR) is 104 cm³/mol. The Hall–Kier alpha value is -3.18. The van der Waals surface area contributed by atoms with Gasteiger partial charge < -0.3 is 28.4 Å². The zero-order chi connectivity index (χ0) is 24.7. The quantitative estimate of drug-likeness (QED) is 0.359. The van der Waals surface area contributed by atoms with Gasteiger partial charge in [0.05, 0.1) is 35.5 Å². The normalized spacial score (nSPS) is 33.5. The summed E-state index contributed by atoms with van der Waals surface area (Å²) in [5.41, 5.74) is 0. The van der Waals surface area contributed by atoms with E-state index in [0.29, 0.717) is 0 Å². The minimum Gasteiger partial charge on any atom is -0.428 e. The van der Waals surface area contributed by atoms with Crippen molar-refractivity contribution in [2.75, 3.05) is 20.4 Å². The van der Waals surface area contributed by atoms with Gasteiger partial charge in [-0.2, -0.15) is 0 Å². The molecule has 12 nitrogen and oxygen atoms in total. The fourth-order valence-electron chi connectivity index (χ4n) is 3.49. The fraction of sp³-hybridized carbons (Fsp3) is 0.714. The molecule has 2 bridgehead atoms. The second kappa shape index (κ2) is 11.6. The first kappa shape index (κ1) is 26.1. The van der Waals surface area contributed by atoms with Crippen molar-refractivity contribution in [3.63, 3.8) is 0 Å². The predicted octanol–water partition coefficient (Wildman–Crippen LogP) is 0.702. The molecule has 184 valence electrons. The van der Waals surface area contributed by atoms with Gasteiger partial charge in [0.2, 0.25) is 20.4 Å². The van der Waals surface area contributed by atoms with E-state index < -0.39 is 91.7 Å². The molecule has 0 spiro atoms. The highest BCUT2D eigenvalue weighted by Gasteiger charge is 2.39. The van der Waals surface area contributed by atoms with E-state index in [1.165, 1.54) is 27.7 Å². The number of cyclic esters (lactones) is 4. The second-order valence-corrected chi connectivity index (χ2v) is 8.20. The van der Waals surface area contributed by atoms with Crippen LogP contribution in [0.2, 0.25) is 0 Å². The summed E-state index contributed by atoms with van der Waals surface area (Å²) in [5.74, 6) is -11.3. The smallest absolute Gasteiger partial charge is 0.312 e. The Morgan fingerprint density at radius 1 is 0.455 bits per heavy atom. The van der Waals surface area contributed by atoms with Gasteiger partial charge in [-0.05, 0) is 12.8 Å². The molecule has 0 aromatic carbocycles. The lowest BCUT2D eigenvalue weighted by Crippen LogP contribution is -2.38. The molecular formula is C21H28O12. The van der Waals surface area contributed by atoms with Gasteiger partial charge in [-0.3, -0.25) is 28.8 Å². The number of hydrogen-bond acceptors (Lipinski definition) is 12. The maximum atomic E-state index is 12.7. The van der Waals surface area contributed by atoms with Crippen molar-refractivity contribution in [3.05, 3.63) is 0 Å². The average Bonchev–Trinajstić information content (AvgIpc) is 2.77. The molecule has 6 atom stereocenters. The lowest BCUT2D eigenvalue weighted by molar-refractivity contribution is -0.189. The molecule has 2 aliphatic heterocycles. The molecule has 0 amide bonds. The third-order valence-electron chi connectivity index (χ3n) is 5.78. The second-order valence-electron chi connectivity index (χ2n) is 8.20. The maximum absolute atomic E-state index is 12.7. The lowest BCUT2D eigenvalue weighted by atomic mass is 9.85. The summed E-state index contributed by atoms with van der Waals surface area (Å²) >= 11 is 0. The van der Waals surface area contributed by atoms with E-state index in [1.54, 1.807) is 0 Å². The highest BCUT2D eigenvalue weighted by molar-refractivity contribution is 5.84. The number of carbonyl (C=O) groups is 6. The van der Waals surface area contributed by atoms with Gasteiger partial charge in [0.15, 0.2) is 0 Å². The first-order valence-electron chi connectivity index (χ1n) is 10.5. The molecule has 0 aliphatic carbocycles. The molecule has 0 saturated carbocycles. The number of esters is 6. The van der Waals surface area contributed by atoms with Crippen LogP contribution in [0.4, 0.5) is 0 Å². The first-order chi connectivity index (χ1) is 15.5. The van der Waals surface area contributed by atoms with Gasteiger partial charge in [0, 0.05) is 0 Å². The first-order valence-corrected chi connectivity index (χ1v) is 10.5. The van der Waals surface area contributed by atoms with Crippen LogP contribution in [0.15, 0.2) is 0 Å². The number of ether oxygens (including phenoxy) is 6. The van der Waals surface area contributed by atoms with Crippen LogP contribution < -0.4 is 0 Å². The average molecular weight is 472 g/mol. The molecule has 12 heteroatoms. The third-order valence-corrected chi connectivity index (χ3v) is 5.78. The summed E-state index contributed by atoms with van der Waals surface area (Å²) in [5, 5.41) is 0. The van der Waals surface area contributed by atoms with Crippen molar-refractivity contribution in [2.24, 2.45) is 35.5 Å². The van der Waals surface area contributed by atoms with Crippen molar-refractivity contribution < 1.29 is 57.2 Å². The summed E-state index contributed by atoms with van der Waals surface area (Å²) in [4.78, 5) is 74.8. The summed E-state index contributed by atoms with van der Waals surface area (Å²) in [6.07, 6.45) is -0.350. The van der Waals surface area contributed by atoms with Gasteiger partial charge in [-0.1, -0.05) is 27.7 Å². The van der Waals surface area contributed by atoms with Crippen LogP contribution in [0.25, 0.3) is 0 Å². The summed E-state index contributed by atoms with van der Waals surface area (Å²) in [6, 6.07) is 0. The molecule has 6 unspecified atom stereocenters. The van der Waals surface area contributed by atoms with E-state index in [0.717, 1.165) is 0 Å². The standard InChI is InChI=1S/C21H28O12/c1-10-5-14-12(3)18(24)30-8-31-19(25)13(4)15(21(27)33-9-32-20(14)26)6-11(2)17(23)29-7-28-16(10)22/h10-15H,5-9H2,1-4H3. The largest absolute Gasteiger partial charge is 0.428 e. The molecule has 2 aliphatic rings. The van der Waals surface area contributed by atoms with E-state index in [-0.39, 0.29) is 12.8 Å². The van der Waals surface area contributed by atoms with Crippen LogP contribution >= 0.6 is 0 Å². The molecule has 0 N–H and O–H groups in total. The van der Waals surface area contributed by atoms with Gasteiger partial charge in [-0.25, -0.2) is 0 Å². The Labute approximate surface area is 190 Å². The lowest BCUT2D eigenvalue weighted by Gasteiger charge is -2.26. The van der Waals surface area contributed by atoms with Gasteiger partial charge in [-0.15, -0.1) is 0 Å². The van der Waals surface area contributed by atoms with Crippen LogP contribution in [0.1, 0.15) is 40.5 Å². The molecule has 2 rings (SSSR count). The molecule has 2 heterocycles. The van der Waals surface area contributed by atoms with Gasteiger partial charge in [0.25, 0.3) is 0 Å². The van der Waals surface area contributed by atoms with E-state index in [9.17, 15) is 28.8 Å². The fourth-order valence-corrected chi connectivity index (χ4v) is 3.49. The van der Waals surface area contributed by atoms with Crippen molar-refractivity contribution >= 4 is 35.8 Å². The number of rotatable bonds is 0. The van der Waals surface area contributed by atoms with E-state index in [4.69, 9.17) is 28.4 Å². The molecular weight excluding hydrogens is 444 g/mol. The number of fused-ring (bicyclic) bond motifs is 6. The zero-order valence-corrected chi connectivity index (χ0v) is 18.9. The van der Waals surface area contributed by atoms with Gasteiger partial charge in [0.1, 0.15) is 0 Å². The van der Waals surface area contributed by atoms with Crippen LogP contribution in [0.5, 0.6) is 0 Å². The highest BCUT2D eigenvalue weighted by atomic mass is 16.7. The van der Waals surface area contributed by atoms with Crippen LogP contribution in [0, 0.1) is 35.5 Å². The Morgan fingerprint density at radius 3 is 1.06 bits per heavy atom. The van der Waals surface area contributed by atoms with Crippen molar-refractivity contribution in [2.45, 2.75) is 40.5 Å². The van der Waals surface area contributed by atoms with E-state index >= 15 is 0 Å². The van der Waals surface area contributed by atoms with Gasteiger partial charge >= 0.3 is 35.8 Å². The number of carbonyl (C=O) groups excluding carboxylic acids is 6. The van der Waals surface area contributed by atoms with E-state index in [2.05, 4.69) is 0 Å². The Kier molecular flexibility index (Phi) is 9.18. The van der Waals surface area contributed by atoms with Crippen LogP contribution in [-0.4, -0.2) is 56.2 Å². The van der Waals surface area contributed by atoms with Crippen molar-refractivity contribution in [1.82, 2.24) is 0 Å². The summed E-state index contributed by atoms with van der Waals surface area (Å²) in [7, 11) is 0. The molecule has 0 radical (unpaired) electrons. The molecule has 0 aromatic heterocycles. The monoisotopic (exact) mass is 472 g/mol. The minimum absolute atomic E-state index is 0.175.